The van der Waals surface area contributed by atoms with Crippen LogP contribution in [0.4, 0.5) is 15.8 Å². The normalized spacial score (nSPS) is 14.6. The standard InChI is InChI=1S/C20H18FN3O3/c1-12-19(16-10-13(21)2-7-17(16)22-12)20(26)23-14-3-5-15(6-4-14)24-8-9-27-11-18(24)25/h2-7,10,22H,8-9,11H2,1H3,(H,23,26). The van der Waals surface area contributed by atoms with Crippen LogP contribution in [0.3, 0.4) is 0 Å². The van der Waals surface area contributed by atoms with E-state index in [4.69, 9.17) is 4.74 Å². The molecule has 27 heavy (non-hydrogen) atoms. The zero-order valence-electron chi connectivity index (χ0n) is 14.7. The lowest BCUT2D eigenvalue weighted by Crippen LogP contribution is -2.41. The van der Waals surface area contributed by atoms with Gasteiger partial charge >= 0.3 is 0 Å². The van der Waals surface area contributed by atoms with E-state index >= 15 is 0 Å². The van der Waals surface area contributed by atoms with Gasteiger partial charge in [-0.05, 0) is 49.4 Å². The van der Waals surface area contributed by atoms with E-state index in [2.05, 4.69) is 10.3 Å². The quantitative estimate of drug-likeness (QED) is 0.746. The number of nitrogens with zero attached hydrogens (tertiary/aromatic N) is 1. The molecular weight excluding hydrogens is 349 g/mol. The summed E-state index contributed by atoms with van der Waals surface area (Å²) in [7, 11) is 0. The number of fused-ring (bicyclic) bond motifs is 1. The average Bonchev–Trinajstić information content (AvgIpc) is 2.98. The van der Waals surface area contributed by atoms with Crippen molar-refractivity contribution in [3.05, 3.63) is 59.5 Å². The molecule has 2 aromatic carbocycles. The van der Waals surface area contributed by atoms with Gasteiger partial charge in [-0.2, -0.15) is 0 Å². The van der Waals surface area contributed by atoms with Crippen LogP contribution in [0.5, 0.6) is 0 Å². The minimum atomic E-state index is -0.393. The van der Waals surface area contributed by atoms with Crippen molar-refractivity contribution in [3.63, 3.8) is 0 Å². The highest BCUT2D eigenvalue weighted by molar-refractivity contribution is 6.14. The van der Waals surface area contributed by atoms with Crippen LogP contribution in [0.25, 0.3) is 10.9 Å². The van der Waals surface area contributed by atoms with E-state index in [1.54, 1.807) is 42.2 Å². The zero-order chi connectivity index (χ0) is 19.0. The number of hydrogen-bond acceptors (Lipinski definition) is 3. The van der Waals surface area contributed by atoms with E-state index in [1.807, 2.05) is 0 Å². The van der Waals surface area contributed by atoms with Crippen LogP contribution < -0.4 is 10.2 Å². The topological polar surface area (TPSA) is 74.4 Å². The van der Waals surface area contributed by atoms with Gasteiger partial charge < -0.3 is 19.9 Å². The minimum Gasteiger partial charge on any atom is -0.370 e. The molecule has 0 unspecified atom stereocenters. The monoisotopic (exact) mass is 367 g/mol. The highest BCUT2D eigenvalue weighted by Gasteiger charge is 2.20. The molecular formula is C20H18FN3O3. The van der Waals surface area contributed by atoms with Gasteiger partial charge in [0.15, 0.2) is 0 Å². The number of hydrogen-bond donors (Lipinski definition) is 2. The molecule has 0 atom stereocenters. The third-order valence-corrected chi connectivity index (χ3v) is 4.60. The molecule has 1 aromatic heterocycles. The van der Waals surface area contributed by atoms with Gasteiger partial charge in [0.25, 0.3) is 11.8 Å². The van der Waals surface area contributed by atoms with Crippen LogP contribution in [-0.2, 0) is 9.53 Å². The third kappa shape index (κ3) is 3.29. The number of H-pyrrole nitrogens is 1. The summed E-state index contributed by atoms with van der Waals surface area (Å²) in [4.78, 5) is 29.4. The van der Waals surface area contributed by atoms with Gasteiger partial charge in [0.1, 0.15) is 12.4 Å². The number of anilines is 2. The van der Waals surface area contributed by atoms with Crippen molar-refractivity contribution in [3.8, 4) is 0 Å². The molecule has 2 N–H and O–H groups in total. The van der Waals surface area contributed by atoms with E-state index < -0.39 is 5.82 Å². The van der Waals surface area contributed by atoms with Crippen molar-refractivity contribution in [1.29, 1.82) is 0 Å². The lowest BCUT2D eigenvalue weighted by molar-refractivity contribution is -0.125. The van der Waals surface area contributed by atoms with Crippen molar-refractivity contribution in [2.75, 3.05) is 30.0 Å². The first kappa shape index (κ1) is 17.2. The Hall–Kier alpha value is -3.19. The van der Waals surface area contributed by atoms with Gasteiger partial charge in [-0.1, -0.05) is 0 Å². The van der Waals surface area contributed by atoms with Crippen LogP contribution in [0.15, 0.2) is 42.5 Å². The molecule has 6 nitrogen and oxygen atoms in total. The predicted molar refractivity (Wildman–Crippen MR) is 101 cm³/mol. The number of aromatic amines is 1. The Morgan fingerprint density at radius 3 is 2.74 bits per heavy atom. The molecule has 2 amide bonds. The third-order valence-electron chi connectivity index (χ3n) is 4.60. The number of ether oxygens (including phenoxy) is 1. The number of amides is 2. The molecule has 138 valence electrons. The first-order valence-electron chi connectivity index (χ1n) is 8.60. The number of aryl methyl sites for hydroxylation is 1. The number of rotatable bonds is 3. The Balaban J connectivity index is 1.56. The summed E-state index contributed by atoms with van der Waals surface area (Å²) in [6.07, 6.45) is 0. The minimum absolute atomic E-state index is 0.0783. The van der Waals surface area contributed by atoms with Crippen molar-refractivity contribution in [1.82, 2.24) is 4.98 Å². The van der Waals surface area contributed by atoms with Crippen LogP contribution >= 0.6 is 0 Å². The van der Waals surface area contributed by atoms with Gasteiger partial charge in [0, 0.05) is 34.5 Å². The van der Waals surface area contributed by atoms with Gasteiger partial charge in [-0.15, -0.1) is 0 Å². The van der Waals surface area contributed by atoms with Crippen molar-refractivity contribution >= 4 is 34.1 Å². The molecule has 0 saturated carbocycles. The molecule has 0 spiro atoms. The van der Waals surface area contributed by atoms with Crippen molar-refractivity contribution < 1.29 is 18.7 Å². The fourth-order valence-electron chi connectivity index (χ4n) is 3.30. The maximum Gasteiger partial charge on any atom is 0.258 e. The number of aromatic nitrogens is 1. The maximum atomic E-state index is 13.6. The molecule has 1 saturated heterocycles. The van der Waals surface area contributed by atoms with Crippen LogP contribution in [0.1, 0.15) is 16.1 Å². The number of morpholine rings is 1. The SMILES string of the molecule is Cc1[nH]c2ccc(F)cc2c1C(=O)Nc1ccc(N2CCOCC2=O)cc1. The second kappa shape index (κ2) is 6.85. The summed E-state index contributed by atoms with van der Waals surface area (Å²) in [6.45, 7) is 2.86. The molecule has 4 rings (SSSR count). The Morgan fingerprint density at radius 2 is 2.00 bits per heavy atom. The van der Waals surface area contributed by atoms with Crippen molar-refractivity contribution in [2.24, 2.45) is 0 Å². The van der Waals surface area contributed by atoms with E-state index in [0.717, 1.165) is 5.69 Å². The lowest BCUT2D eigenvalue weighted by atomic mass is 10.1. The molecule has 2 heterocycles. The molecule has 3 aromatic rings. The smallest absolute Gasteiger partial charge is 0.258 e. The first-order chi connectivity index (χ1) is 13.0. The Bertz CT molecular complexity index is 1030. The molecule has 1 fully saturated rings. The molecule has 1 aliphatic rings. The highest BCUT2D eigenvalue weighted by atomic mass is 19.1. The molecule has 0 bridgehead atoms. The summed E-state index contributed by atoms with van der Waals surface area (Å²) < 4.78 is 18.7. The van der Waals surface area contributed by atoms with E-state index in [1.165, 1.54) is 12.1 Å². The Morgan fingerprint density at radius 1 is 1.22 bits per heavy atom. The predicted octanol–water partition coefficient (Wildman–Crippen LogP) is 3.23. The van der Waals surface area contributed by atoms with E-state index in [0.29, 0.717) is 41.0 Å². The van der Waals surface area contributed by atoms with Crippen LogP contribution in [0, 0.1) is 12.7 Å². The maximum absolute atomic E-state index is 13.6. The van der Waals surface area contributed by atoms with Gasteiger partial charge in [0.2, 0.25) is 0 Å². The van der Waals surface area contributed by atoms with Crippen LogP contribution in [0.2, 0.25) is 0 Å². The number of carbonyl (C=O) groups is 2. The molecule has 7 heteroatoms. The fraction of sp³-hybridized carbons (Fsp3) is 0.200. The number of carbonyl (C=O) groups excluding carboxylic acids is 2. The average molecular weight is 367 g/mol. The number of halogens is 1. The van der Waals surface area contributed by atoms with Crippen molar-refractivity contribution in [2.45, 2.75) is 6.92 Å². The summed E-state index contributed by atoms with van der Waals surface area (Å²) in [5, 5.41) is 3.37. The van der Waals surface area contributed by atoms with Gasteiger partial charge in [-0.25, -0.2) is 4.39 Å². The largest absolute Gasteiger partial charge is 0.370 e. The van der Waals surface area contributed by atoms with E-state index in [-0.39, 0.29) is 18.4 Å². The summed E-state index contributed by atoms with van der Waals surface area (Å²) in [5.41, 5.74) is 3.14. The fourth-order valence-corrected chi connectivity index (χ4v) is 3.30. The second-order valence-electron chi connectivity index (χ2n) is 6.41. The second-order valence-corrected chi connectivity index (χ2v) is 6.41. The number of benzene rings is 2. The first-order valence-corrected chi connectivity index (χ1v) is 8.60. The zero-order valence-corrected chi connectivity index (χ0v) is 14.7. The Kier molecular flexibility index (Phi) is 4.37. The summed E-state index contributed by atoms with van der Waals surface area (Å²) >= 11 is 0. The molecule has 1 aliphatic heterocycles. The number of nitrogens with one attached hydrogen (secondary N) is 2. The van der Waals surface area contributed by atoms with Crippen LogP contribution in [-0.4, -0.2) is 36.6 Å². The molecule has 0 radical (unpaired) electrons. The lowest BCUT2D eigenvalue weighted by Gasteiger charge is -2.26. The summed E-state index contributed by atoms with van der Waals surface area (Å²) in [5.74, 6) is -0.802. The van der Waals surface area contributed by atoms with Gasteiger partial charge in [0.05, 0.1) is 12.2 Å². The highest BCUT2D eigenvalue weighted by Crippen LogP contribution is 2.25. The summed E-state index contributed by atoms with van der Waals surface area (Å²) in [6, 6.07) is 11.3. The van der Waals surface area contributed by atoms with Gasteiger partial charge in [-0.3, -0.25) is 9.59 Å². The Labute approximate surface area is 154 Å². The van der Waals surface area contributed by atoms with E-state index in [9.17, 15) is 14.0 Å². The molecule has 0 aliphatic carbocycles.